The van der Waals surface area contributed by atoms with Gasteiger partial charge in [0.05, 0.1) is 5.25 Å². The number of hydrogen-bond donors (Lipinski definition) is 2. The summed E-state index contributed by atoms with van der Waals surface area (Å²) >= 11 is 0. The maximum Gasteiger partial charge on any atom is 0.214 e. The van der Waals surface area contributed by atoms with Gasteiger partial charge in [0.15, 0.2) is 0 Å². The van der Waals surface area contributed by atoms with Gasteiger partial charge >= 0.3 is 0 Å². The van der Waals surface area contributed by atoms with Crippen molar-refractivity contribution in [1.82, 2.24) is 4.72 Å². The summed E-state index contributed by atoms with van der Waals surface area (Å²) in [6, 6.07) is -0.0457. The minimum absolute atomic E-state index is 0.0457. The van der Waals surface area contributed by atoms with Gasteiger partial charge in [0.25, 0.3) is 0 Å². The molecule has 2 aliphatic rings. The molecule has 0 aromatic carbocycles. The van der Waals surface area contributed by atoms with Gasteiger partial charge in [0.1, 0.15) is 0 Å². The topological polar surface area (TPSA) is 66.4 Å². The van der Waals surface area contributed by atoms with Crippen LogP contribution in [0.25, 0.3) is 0 Å². The molecule has 0 heterocycles. The van der Waals surface area contributed by atoms with Crippen molar-refractivity contribution in [1.29, 1.82) is 0 Å². The third-order valence-corrected chi connectivity index (χ3v) is 6.43. The minimum Gasteiger partial charge on any atom is -0.396 e. The summed E-state index contributed by atoms with van der Waals surface area (Å²) in [6.45, 7) is 0.0951. The van der Waals surface area contributed by atoms with Gasteiger partial charge < -0.3 is 5.11 Å². The number of rotatable bonds is 4. The zero-order valence-electron chi connectivity index (χ0n) is 11.0. The lowest BCUT2D eigenvalue weighted by Gasteiger charge is -2.32. The van der Waals surface area contributed by atoms with Crippen molar-refractivity contribution in [3.8, 4) is 0 Å². The Kier molecular flexibility index (Phi) is 5.04. The molecule has 2 saturated carbocycles. The summed E-state index contributed by atoms with van der Waals surface area (Å²) in [4.78, 5) is 0. The Morgan fingerprint density at radius 3 is 2.22 bits per heavy atom. The van der Waals surface area contributed by atoms with Crippen molar-refractivity contribution >= 4 is 10.0 Å². The summed E-state index contributed by atoms with van der Waals surface area (Å²) < 4.78 is 27.5. The van der Waals surface area contributed by atoms with Crippen LogP contribution < -0.4 is 4.72 Å². The van der Waals surface area contributed by atoms with E-state index in [0.717, 1.165) is 57.8 Å². The van der Waals surface area contributed by atoms with Gasteiger partial charge in [-0.1, -0.05) is 32.1 Å². The van der Waals surface area contributed by atoms with E-state index in [1.165, 1.54) is 0 Å². The molecule has 106 valence electrons. The fourth-order valence-corrected chi connectivity index (χ4v) is 5.14. The first-order valence-electron chi connectivity index (χ1n) is 7.25. The van der Waals surface area contributed by atoms with E-state index in [-0.39, 0.29) is 23.8 Å². The molecule has 0 aromatic heterocycles. The highest BCUT2D eigenvalue weighted by Gasteiger charge is 2.33. The second kappa shape index (κ2) is 6.35. The molecule has 2 rings (SSSR count). The zero-order chi connectivity index (χ0) is 13.0. The highest BCUT2D eigenvalue weighted by molar-refractivity contribution is 7.90. The lowest BCUT2D eigenvalue weighted by atomic mass is 9.86. The van der Waals surface area contributed by atoms with E-state index in [0.29, 0.717) is 0 Å². The molecule has 2 N–H and O–H groups in total. The Balaban J connectivity index is 1.97. The first-order chi connectivity index (χ1) is 8.63. The van der Waals surface area contributed by atoms with Crippen molar-refractivity contribution in [3.05, 3.63) is 0 Å². The van der Waals surface area contributed by atoms with Crippen molar-refractivity contribution in [2.75, 3.05) is 6.61 Å². The van der Waals surface area contributed by atoms with Crippen LogP contribution in [0.4, 0.5) is 0 Å². The van der Waals surface area contributed by atoms with Crippen LogP contribution in [0.2, 0.25) is 0 Å². The number of aliphatic hydroxyl groups is 1. The molecule has 0 bridgehead atoms. The van der Waals surface area contributed by atoms with Gasteiger partial charge in [-0.15, -0.1) is 0 Å². The van der Waals surface area contributed by atoms with Crippen LogP contribution in [0.1, 0.15) is 57.8 Å². The molecule has 2 fully saturated rings. The molecule has 0 spiro atoms. The molecule has 5 heteroatoms. The van der Waals surface area contributed by atoms with Crippen LogP contribution in [0.15, 0.2) is 0 Å². The molecule has 2 atom stereocenters. The highest BCUT2D eigenvalue weighted by atomic mass is 32.2. The molecular formula is C13H25NO3S. The van der Waals surface area contributed by atoms with E-state index >= 15 is 0 Å². The number of nitrogens with one attached hydrogen (secondary N) is 1. The Morgan fingerprint density at radius 1 is 0.944 bits per heavy atom. The van der Waals surface area contributed by atoms with Crippen molar-refractivity contribution in [3.63, 3.8) is 0 Å². The lowest BCUT2D eigenvalue weighted by Crippen LogP contribution is -2.47. The molecule has 2 unspecified atom stereocenters. The zero-order valence-corrected chi connectivity index (χ0v) is 11.8. The monoisotopic (exact) mass is 275 g/mol. The molecule has 0 amide bonds. The maximum absolute atomic E-state index is 12.3. The third kappa shape index (κ3) is 3.45. The molecule has 2 aliphatic carbocycles. The van der Waals surface area contributed by atoms with Crippen molar-refractivity contribution in [2.45, 2.75) is 69.1 Å². The third-order valence-electron chi connectivity index (χ3n) is 4.45. The highest BCUT2D eigenvalue weighted by Crippen LogP contribution is 2.27. The molecular weight excluding hydrogens is 250 g/mol. The van der Waals surface area contributed by atoms with Crippen LogP contribution in [0, 0.1) is 5.92 Å². The predicted octanol–water partition coefficient (Wildman–Crippen LogP) is 1.79. The van der Waals surface area contributed by atoms with Gasteiger partial charge in [-0.2, -0.15) is 0 Å². The van der Waals surface area contributed by atoms with Crippen LogP contribution in [0.3, 0.4) is 0 Å². The van der Waals surface area contributed by atoms with E-state index in [9.17, 15) is 13.5 Å². The van der Waals surface area contributed by atoms with Crippen LogP contribution >= 0.6 is 0 Å². The smallest absolute Gasteiger partial charge is 0.214 e. The van der Waals surface area contributed by atoms with Gasteiger partial charge in [-0.3, -0.25) is 0 Å². The van der Waals surface area contributed by atoms with E-state index in [4.69, 9.17) is 0 Å². The molecule has 0 aliphatic heterocycles. The van der Waals surface area contributed by atoms with Gasteiger partial charge in [0.2, 0.25) is 10.0 Å². The Morgan fingerprint density at radius 2 is 1.56 bits per heavy atom. The Bertz CT molecular complexity index is 349. The van der Waals surface area contributed by atoms with E-state index in [1.54, 1.807) is 0 Å². The van der Waals surface area contributed by atoms with Crippen molar-refractivity contribution < 1.29 is 13.5 Å². The second-order valence-electron chi connectivity index (χ2n) is 5.76. The van der Waals surface area contributed by atoms with E-state index < -0.39 is 10.0 Å². The van der Waals surface area contributed by atoms with Gasteiger partial charge in [0, 0.05) is 12.6 Å². The first kappa shape index (κ1) is 14.3. The number of hydrogen-bond acceptors (Lipinski definition) is 3. The summed E-state index contributed by atoms with van der Waals surface area (Å²) in [6.07, 6.45) is 8.79. The minimum atomic E-state index is -3.19. The number of sulfonamides is 1. The standard InChI is InChI=1S/C13H25NO3S/c15-10-11-6-4-5-9-13(11)14-18(16,17)12-7-2-1-3-8-12/h11-15H,1-10H2. The summed E-state index contributed by atoms with van der Waals surface area (Å²) in [7, 11) is -3.19. The molecule has 0 saturated heterocycles. The van der Waals surface area contributed by atoms with Gasteiger partial charge in [-0.25, -0.2) is 13.1 Å². The van der Waals surface area contributed by atoms with Gasteiger partial charge in [-0.05, 0) is 31.6 Å². The predicted molar refractivity (Wildman–Crippen MR) is 71.8 cm³/mol. The number of aliphatic hydroxyl groups excluding tert-OH is 1. The fraction of sp³-hybridized carbons (Fsp3) is 1.00. The van der Waals surface area contributed by atoms with Crippen LogP contribution in [-0.2, 0) is 10.0 Å². The quantitative estimate of drug-likeness (QED) is 0.822. The maximum atomic E-state index is 12.3. The fourth-order valence-electron chi connectivity index (χ4n) is 3.26. The largest absolute Gasteiger partial charge is 0.396 e. The molecule has 0 aromatic rings. The average molecular weight is 275 g/mol. The SMILES string of the molecule is O=S(=O)(NC1CCCCC1CO)C1CCCCC1. The average Bonchev–Trinajstić information content (AvgIpc) is 2.40. The first-order valence-corrected chi connectivity index (χ1v) is 8.80. The lowest BCUT2D eigenvalue weighted by molar-refractivity contribution is 0.164. The normalized spacial score (nSPS) is 31.4. The summed E-state index contributed by atoms with van der Waals surface area (Å²) in [5.74, 6) is 0.108. The van der Waals surface area contributed by atoms with Crippen molar-refractivity contribution in [2.24, 2.45) is 5.92 Å². The van der Waals surface area contributed by atoms with E-state index in [1.807, 2.05) is 0 Å². The molecule has 4 nitrogen and oxygen atoms in total. The van der Waals surface area contributed by atoms with Crippen LogP contribution in [0.5, 0.6) is 0 Å². The Hall–Kier alpha value is -0.130. The second-order valence-corrected chi connectivity index (χ2v) is 7.75. The molecule has 0 radical (unpaired) electrons. The van der Waals surface area contributed by atoms with E-state index in [2.05, 4.69) is 4.72 Å². The summed E-state index contributed by atoms with van der Waals surface area (Å²) in [5.41, 5.74) is 0. The summed E-state index contributed by atoms with van der Waals surface area (Å²) in [5, 5.41) is 9.13. The Labute approximate surface area is 110 Å². The van der Waals surface area contributed by atoms with Crippen LogP contribution in [-0.4, -0.2) is 31.4 Å². The molecule has 18 heavy (non-hydrogen) atoms.